The highest BCUT2D eigenvalue weighted by Gasteiger charge is 2.71. The summed E-state index contributed by atoms with van der Waals surface area (Å²) >= 11 is 0. The molecular weight excluding hydrogens is 400 g/mol. The summed E-state index contributed by atoms with van der Waals surface area (Å²) in [7, 11) is 0. The number of esters is 1. The first-order valence-corrected chi connectivity index (χ1v) is 13.8. The molecule has 1 N–H and O–H groups in total. The summed E-state index contributed by atoms with van der Waals surface area (Å²) in [6.07, 6.45) is 15.3. The van der Waals surface area contributed by atoms with E-state index in [0.717, 1.165) is 57.7 Å². The summed E-state index contributed by atoms with van der Waals surface area (Å²) in [5.74, 6) is 2.35. The van der Waals surface area contributed by atoms with Crippen LogP contribution in [0.25, 0.3) is 0 Å². The van der Waals surface area contributed by atoms with E-state index < -0.39 is 11.0 Å². The molecule has 0 radical (unpaired) electrons. The van der Waals surface area contributed by atoms with Gasteiger partial charge in [-0.2, -0.15) is 0 Å². The number of aliphatic hydroxyl groups is 1. The summed E-state index contributed by atoms with van der Waals surface area (Å²) in [6.45, 7) is 8.40. The molecule has 32 heavy (non-hydrogen) atoms. The predicted molar refractivity (Wildman–Crippen MR) is 125 cm³/mol. The van der Waals surface area contributed by atoms with Crippen molar-refractivity contribution in [1.82, 2.24) is 0 Å². The number of carbonyl (C=O) groups excluding carboxylic acids is 1. The lowest BCUT2D eigenvalue weighted by molar-refractivity contribution is -0.219. The zero-order chi connectivity index (χ0) is 22.6. The Labute approximate surface area is 195 Å². The van der Waals surface area contributed by atoms with E-state index in [4.69, 9.17) is 9.47 Å². The lowest BCUT2D eigenvalue weighted by Crippen LogP contribution is -2.65. The molecule has 4 nitrogen and oxygen atoms in total. The van der Waals surface area contributed by atoms with E-state index in [0.29, 0.717) is 11.8 Å². The van der Waals surface area contributed by atoms with Gasteiger partial charge in [0.1, 0.15) is 6.10 Å². The smallest absolute Gasteiger partial charge is 0.312 e. The Morgan fingerprint density at radius 1 is 1.00 bits per heavy atom. The second-order valence-corrected chi connectivity index (χ2v) is 12.8. The first-order valence-electron chi connectivity index (χ1n) is 13.8. The first-order chi connectivity index (χ1) is 15.3. The minimum absolute atomic E-state index is 0.00874. The standard InChI is InChI=1S/C28H46O4/c1-19-16-23-24-26(2,25(29)32-23)13-9-14-27(24,3)28(19,30)15-12-21-17-31-18-22(21)20-10-7-5-4-6-8-11-20/h19-24,30H,4-18H2,1-3H3/t19-,21?,22?,23-,24?,26+,27-,28-/m1/s1. The van der Waals surface area contributed by atoms with Gasteiger partial charge in [-0.25, -0.2) is 0 Å². The molecule has 0 spiro atoms. The van der Waals surface area contributed by atoms with E-state index in [-0.39, 0.29) is 29.3 Å². The van der Waals surface area contributed by atoms with Crippen LogP contribution in [0.3, 0.4) is 0 Å². The lowest BCUT2D eigenvalue weighted by atomic mass is 9.44. The number of ether oxygens (including phenoxy) is 2. The molecule has 0 aromatic carbocycles. The highest BCUT2D eigenvalue weighted by molar-refractivity contribution is 5.80. The van der Waals surface area contributed by atoms with Crippen LogP contribution in [0.2, 0.25) is 0 Å². The third-order valence-corrected chi connectivity index (χ3v) is 11.2. The molecular formula is C28H46O4. The molecule has 0 amide bonds. The number of hydrogen-bond acceptors (Lipinski definition) is 4. The molecule has 5 fully saturated rings. The Hall–Kier alpha value is -0.610. The average Bonchev–Trinajstić information content (AvgIpc) is 3.28. The molecule has 0 bridgehead atoms. The van der Waals surface area contributed by atoms with Gasteiger partial charge >= 0.3 is 5.97 Å². The van der Waals surface area contributed by atoms with Crippen molar-refractivity contribution in [2.45, 2.75) is 116 Å². The van der Waals surface area contributed by atoms with Crippen molar-refractivity contribution in [1.29, 1.82) is 0 Å². The molecule has 8 atom stereocenters. The summed E-state index contributed by atoms with van der Waals surface area (Å²) in [5.41, 5.74) is -1.38. The predicted octanol–water partition coefficient (Wildman–Crippen LogP) is 5.90. The lowest BCUT2D eigenvalue weighted by Gasteiger charge is -2.61. The van der Waals surface area contributed by atoms with E-state index >= 15 is 0 Å². The zero-order valence-corrected chi connectivity index (χ0v) is 20.7. The van der Waals surface area contributed by atoms with Crippen LogP contribution in [-0.4, -0.2) is 36.0 Å². The molecule has 0 aromatic rings. The van der Waals surface area contributed by atoms with E-state index in [1.54, 1.807) is 0 Å². The van der Waals surface area contributed by atoms with Crippen LogP contribution in [-0.2, 0) is 14.3 Å². The Morgan fingerprint density at radius 3 is 2.47 bits per heavy atom. The topological polar surface area (TPSA) is 55.8 Å². The van der Waals surface area contributed by atoms with Gasteiger partial charge in [0.05, 0.1) is 17.6 Å². The first kappa shape index (κ1) is 23.1. The van der Waals surface area contributed by atoms with Crippen molar-refractivity contribution in [2.24, 2.45) is 40.4 Å². The molecule has 2 saturated heterocycles. The fourth-order valence-electron chi connectivity index (χ4n) is 9.29. The molecule has 3 saturated carbocycles. The normalized spacial score (nSPS) is 49.9. The molecule has 182 valence electrons. The van der Waals surface area contributed by atoms with Crippen LogP contribution in [0.5, 0.6) is 0 Å². The quantitative estimate of drug-likeness (QED) is 0.546. The van der Waals surface area contributed by atoms with Gasteiger partial charge in [-0.15, -0.1) is 0 Å². The molecule has 4 heteroatoms. The van der Waals surface area contributed by atoms with Crippen LogP contribution in [0.15, 0.2) is 0 Å². The molecule has 5 aliphatic rings. The zero-order valence-electron chi connectivity index (χ0n) is 20.7. The summed E-state index contributed by atoms with van der Waals surface area (Å²) in [6, 6.07) is 0. The van der Waals surface area contributed by atoms with E-state index in [9.17, 15) is 9.90 Å². The van der Waals surface area contributed by atoms with Gasteiger partial charge in [-0.05, 0) is 62.7 Å². The second kappa shape index (κ2) is 8.56. The summed E-state index contributed by atoms with van der Waals surface area (Å²) in [4.78, 5) is 12.9. The summed E-state index contributed by atoms with van der Waals surface area (Å²) in [5, 5.41) is 12.4. The SMILES string of the molecule is C[C@@H]1C[C@H]2OC(=O)[C@@]3(C)CCC[C@](C)(C23)[C@@]1(O)CCC1COCC1C1CCCCCCC1. The van der Waals surface area contributed by atoms with Gasteiger partial charge in [0.25, 0.3) is 0 Å². The highest BCUT2D eigenvalue weighted by Crippen LogP contribution is 2.67. The molecule has 2 heterocycles. The molecule has 2 aliphatic heterocycles. The Balaban J connectivity index is 1.33. The monoisotopic (exact) mass is 446 g/mol. The fraction of sp³-hybridized carbons (Fsp3) is 0.964. The Morgan fingerprint density at radius 2 is 1.72 bits per heavy atom. The van der Waals surface area contributed by atoms with Crippen LogP contribution in [0.1, 0.15) is 104 Å². The third kappa shape index (κ3) is 3.49. The van der Waals surface area contributed by atoms with E-state index in [2.05, 4.69) is 20.8 Å². The van der Waals surface area contributed by atoms with Gasteiger partial charge in [-0.1, -0.05) is 65.2 Å². The number of rotatable bonds is 4. The van der Waals surface area contributed by atoms with Gasteiger partial charge in [-0.3, -0.25) is 4.79 Å². The van der Waals surface area contributed by atoms with Crippen LogP contribution in [0, 0.1) is 40.4 Å². The molecule has 3 unspecified atom stereocenters. The number of hydrogen-bond donors (Lipinski definition) is 1. The van der Waals surface area contributed by atoms with Crippen molar-refractivity contribution in [3.05, 3.63) is 0 Å². The minimum Gasteiger partial charge on any atom is -0.462 e. The molecule has 0 aromatic heterocycles. The van der Waals surface area contributed by atoms with Gasteiger partial charge in [0.15, 0.2) is 0 Å². The largest absolute Gasteiger partial charge is 0.462 e. The van der Waals surface area contributed by atoms with E-state index in [1.165, 1.54) is 44.9 Å². The Bertz CT molecular complexity index is 700. The van der Waals surface area contributed by atoms with Gasteiger partial charge in [0.2, 0.25) is 0 Å². The van der Waals surface area contributed by atoms with Crippen molar-refractivity contribution < 1.29 is 19.4 Å². The van der Waals surface area contributed by atoms with Crippen LogP contribution >= 0.6 is 0 Å². The Kier molecular flexibility index (Phi) is 6.19. The molecule has 5 rings (SSSR count). The van der Waals surface area contributed by atoms with Crippen LogP contribution in [0.4, 0.5) is 0 Å². The van der Waals surface area contributed by atoms with Gasteiger partial charge < -0.3 is 14.6 Å². The van der Waals surface area contributed by atoms with Crippen molar-refractivity contribution in [3.8, 4) is 0 Å². The maximum Gasteiger partial charge on any atom is 0.312 e. The summed E-state index contributed by atoms with van der Waals surface area (Å²) < 4.78 is 12.0. The van der Waals surface area contributed by atoms with Crippen molar-refractivity contribution in [2.75, 3.05) is 13.2 Å². The highest BCUT2D eigenvalue weighted by atomic mass is 16.6. The maximum absolute atomic E-state index is 12.9. The third-order valence-electron chi connectivity index (χ3n) is 11.2. The average molecular weight is 447 g/mol. The van der Waals surface area contributed by atoms with Crippen molar-refractivity contribution in [3.63, 3.8) is 0 Å². The van der Waals surface area contributed by atoms with Gasteiger partial charge in [0, 0.05) is 17.9 Å². The minimum atomic E-state index is -0.724. The number of carbonyl (C=O) groups is 1. The van der Waals surface area contributed by atoms with Crippen molar-refractivity contribution >= 4 is 5.97 Å². The van der Waals surface area contributed by atoms with Crippen LogP contribution < -0.4 is 0 Å². The second-order valence-electron chi connectivity index (χ2n) is 12.8. The fourth-order valence-corrected chi connectivity index (χ4v) is 9.29. The molecule has 3 aliphatic carbocycles. The maximum atomic E-state index is 12.9. The van der Waals surface area contributed by atoms with E-state index in [1.807, 2.05) is 0 Å².